The molecule has 2 fully saturated rings. The highest BCUT2D eigenvalue weighted by molar-refractivity contribution is 5.79. The van der Waals surface area contributed by atoms with Crippen LogP contribution in [0.15, 0.2) is 84.9 Å². The number of benzene rings is 4. The van der Waals surface area contributed by atoms with Crippen LogP contribution >= 0.6 is 0 Å². The van der Waals surface area contributed by atoms with Gasteiger partial charge in [-0.2, -0.15) is 0 Å². The number of aryl methyl sites for hydroxylation is 4. The van der Waals surface area contributed by atoms with Crippen LogP contribution in [-0.4, -0.2) is 38.6 Å². The second kappa shape index (κ2) is 11.1. The van der Waals surface area contributed by atoms with E-state index in [4.69, 9.17) is 18.9 Å². The molecule has 0 radical (unpaired) electrons. The first kappa shape index (κ1) is 25.4. The standard InChI is InChI=1S/C36H36O4/c1-24-35-18-27(4-2-25-6-12-29(13-7-25)37-20-31-22-39-31)10-16-33(35)34-17-11-28(19-36(24)34)5-3-26-8-14-30(15-9-26)38-21-32-23-40-32/h6-19,24,31-32H,2-5,20-23H2,1H3. The van der Waals surface area contributed by atoms with Crippen LogP contribution < -0.4 is 9.47 Å². The predicted molar refractivity (Wildman–Crippen MR) is 158 cm³/mol. The molecule has 4 nitrogen and oxygen atoms in total. The van der Waals surface area contributed by atoms with Crippen molar-refractivity contribution in [3.63, 3.8) is 0 Å². The Hall–Kier alpha value is -3.60. The molecule has 7 rings (SSSR count). The molecule has 40 heavy (non-hydrogen) atoms. The van der Waals surface area contributed by atoms with E-state index in [2.05, 4.69) is 91.9 Å². The molecule has 0 N–H and O–H groups in total. The van der Waals surface area contributed by atoms with Gasteiger partial charge in [0.25, 0.3) is 0 Å². The molecule has 4 heteroatoms. The van der Waals surface area contributed by atoms with Gasteiger partial charge in [-0.1, -0.05) is 67.6 Å². The topological polar surface area (TPSA) is 43.5 Å². The number of rotatable bonds is 12. The fourth-order valence-corrected chi connectivity index (χ4v) is 5.70. The molecule has 1 aliphatic carbocycles. The minimum absolute atomic E-state index is 0.288. The Morgan fingerprint density at radius 3 is 1.32 bits per heavy atom. The smallest absolute Gasteiger partial charge is 0.119 e. The lowest BCUT2D eigenvalue weighted by Gasteiger charge is -2.10. The highest BCUT2D eigenvalue weighted by atomic mass is 16.6. The first-order chi connectivity index (χ1) is 19.7. The van der Waals surface area contributed by atoms with Crippen LogP contribution in [0.25, 0.3) is 11.1 Å². The highest BCUT2D eigenvalue weighted by Crippen LogP contribution is 2.45. The zero-order chi connectivity index (χ0) is 26.9. The number of hydrogen-bond donors (Lipinski definition) is 0. The summed E-state index contributed by atoms with van der Waals surface area (Å²) in [5.41, 5.74) is 11.2. The van der Waals surface area contributed by atoms with Gasteiger partial charge < -0.3 is 18.9 Å². The largest absolute Gasteiger partial charge is 0.491 e. The Morgan fingerprint density at radius 2 is 0.925 bits per heavy atom. The first-order valence-electron chi connectivity index (χ1n) is 14.6. The van der Waals surface area contributed by atoms with Crippen molar-refractivity contribution in [2.24, 2.45) is 0 Å². The Kier molecular flexibility index (Phi) is 7.05. The van der Waals surface area contributed by atoms with Crippen molar-refractivity contribution in [3.8, 4) is 22.6 Å². The summed E-state index contributed by atoms with van der Waals surface area (Å²) in [6, 6.07) is 31.2. The van der Waals surface area contributed by atoms with Crippen LogP contribution in [0.1, 0.15) is 46.2 Å². The van der Waals surface area contributed by atoms with Gasteiger partial charge in [0.1, 0.15) is 36.9 Å². The number of ether oxygens (including phenoxy) is 4. The van der Waals surface area contributed by atoms with Gasteiger partial charge in [-0.15, -0.1) is 0 Å². The summed E-state index contributed by atoms with van der Waals surface area (Å²) in [7, 11) is 0. The lowest BCUT2D eigenvalue weighted by atomic mass is 9.94. The molecule has 0 saturated carbocycles. The molecule has 0 amide bonds. The first-order valence-corrected chi connectivity index (χ1v) is 14.6. The summed E-state index contributed by atoms with van der Waals surface area (Å²) in [6.45, 7) is 5.31. The molecule has 2 aliphatic heterocycles. The number of hydrogen-bond acceptors (Lipinski definition) is 4. The lowest BCUT2D eigenvalue weighted by molar-refractivity contribution is 0.263. The van der Waals surface area contributed by atoms with E-state index < -0.39 is 0 Å². The van der Waals surface area contributed by atoms with E-state index in [0.717, 1.165) is 50.4 Å². The van der Waals surface area contributed by atoms with Crippen molar-refractivity contribution in [1.82, 2.24) is 0 Å². The van der Waals surface area contributed by atoms with E-state index in [0.29, 0.717) is 19.1 Å². The maximum absolute atomic E-state index is 5.77. The molecule has 0 aromatic heterocycles. The maximum atomic E-state index is 5.77. The van der Waals surface area contributed by atoms with Crippen molar-refractivity contribution in [2.45, 2.75) is 50.7 Å². The molecule has 4 aromatic carbocycles. The Balaban J connectivity index is 0.954. The van der Waals surface area contributed by atoms with E-state index in [-0.39, 0.29) is 12.2 Å². The minimum Gasteiger partial charge on any atom is -0.491 e. The summed E-state index contributed by atoms with van der Waals surface area (Å²) in [5, 5.41) is 0. The van der Waals surface area contributed by atoms with Crippen LogP contribution in [-0.2, 0) is 35.2 Å². The SMILES string of the molecule is CC1c2cc(CCc3ccc(OCC4CO4)cc3)ccc2-c2ccc(CCc3ccc(OCC4CO4)cc3)cc21. The van der Waals surface area contributed by atoms with Crippen molar-refractivity contribution in [1.29, 1.82) is 0 Å². The van der Waals surface area contributed by atoms with E-state index >= 15 is 0 Å². The molecular formula is C36H36O4. The van der Waals surface area contributed by atoms with Gasteiger partial charge in [-0.3, -0.25) is 0 Å². The van der Waals surface area contributed by atoms with Crippen LogP contribution in [0.4, 0.5) is 0 Å². The second-order valence-electron chi connectivity index (χ2n) is 11.4. The predicted octanol–water partition coefficient (Wildman–Crippen LogP) is 6.94. The van der Waals surface area contributed by atoms with Crippen molar-refractivity contribution < 1.29 is 18.9 Å². The van der Waals surface area contributed by atoms with Gasteiger partial charge in [-0.05, 0) is 94.5 Å². The fourth-order valence-electron chi connectivity index (χ4n) is 5.70. The quantitative estimate of drug-likeness (QED) is 0.185. The zero-order valence-electron chi connectivity index (χ0n) is 23.1. The van der Waals surface area contributed by atoms with Gasteiger partial charge in [-0.25, -0.2) is 0 Å². The third-order valence-electron chi connectivity index (χ3n) is 8.38. The average molecular weight is 533 g/mol. The Bertz CT molecular complexity index is 1350. The molecule has 3 aliphatic rings. The van der Waals surface area contributed by atoms with Crippen LogP contribution in [0.3, 0.4) is 0 Å². The number of fused-ring (bicyclic) bond motifs is 3. The summed E-state index contributed by atoms with van der Waals surface area (Å²) in [6.07, 6.45) is 4.70. The van der Waals surface area contributed by atoms with Gasteiger partial charge in [0.05, 0.1) is 13.2 Å². The molecule has 0 bridgehead atoms. The normalized spacial score (nSPS) is 20.1. The summed E-state index contributed by atoms with van der Waals surface area (Å²) in [5.74, 6) is 2.26. The van der Waals surface area contributed by atoms with Crippen molar-refractivity contribution >= 4 is 0 Å². The third-order valence-corrected chi connectivity index (χ3v) is 8.38. The van der Waals surface area contributed by atoms with E-state index in [1.807, 2.05) is 0 Å². The molecule has 204 valence electrons. The zero-order valence-corrected chi connectivity index (χ0v) is 23.1. The van der Waals surface area contributed by atoms with Crippen molar-refractivity contribution in [3.05, 3.63) is 118 Å². The average Bonchev–Trinajstić information content (AvgIpc) is 3.94. The maximum Gasteiger partial charge on any atom is 0.119 e. The molecule has 2 heterocycles. The second-order valence-corrected chi connectivity index (χ2v) is 11.4. The third kappa shape index (κ3) is 5.94. The van der Waals surface area contributed by atoms with E-state index in [1.54, 1.807) is 0 Å². The van der Waals surface area contributed by atoms with Crippen LogP contribution in [0, 0.1) is 0 Å². The molecule has 0 spiro atoms. The molecule has 2 unspecified atom stereocenters. The summed E-state index contributed by atoms with van der Waals surface area (Å²) < 4.78 is 22.0. The highest BCUT2D eigenvalue weighted by Gasteiger charge is 2.26. The van der Waals surface area contributed by atoms with E-state index in [9.17, 15) is 0 Å². The van der Waals surface area contributed by atoms with Crippen LogP contribution in [0.5, 0.6) is 11.5 Å². The Labute approximate surface area is 236 Å². The summed E-state index contributed by atoms with van der Waals surface area (Å²) >= 11 is 0. The molecular weight excluding hydrogens is 496 g/mol. The minimum atomic E-state index is 0.288. The Morgan fingerprint density at radius 1 is 0.550 bits per heavy atom. The molecule has 2 atom stereocenters. The molecule has 4 aromatic rings. The van der Waals surface area contributed by atoms with Gasteiger partial charge in [0.15, 0.2) is 0 Å². The monoisotopic (exact) mass is 532 g/mol. The van der Waals surface area contributed by atoms with Gasteiger partial charge in [0, 0.05) is 5.92 Å². The fraction of sp³-hybridized carbons (Fsp3) is 0.333. The summed E-state index contributed by atoms with van der Waals surface area (Å²) in [4.78, 5) is 0. The molecule has 2 saturated heterocycles. The van der Waals surface area contributed by atoms with Crippen LogP contribution in [0.2, 0.25) is 0 Å². The van der Waals surface area contributed by atoms with Crippen molar-refractivity contribution in [2.75, 3.05) is 26.4 Å². The van der Waals surface area contributed by atoms with Gasteiger partial charge >= 0.3 is 0 Å². The number of epoxide rings is 2. The van der Waals surface area contributed by atoms with E-state index in [1.165, 1.54) is 44.5 Å². The van der Waals surface area contributed by atoms with Gasteiger partial charge in [0.2, 0.25) is 0 Å². The lowest BCUT2D eigenvalue weighted by Crippen LogP contribution is -2.03.